The number of hydrogen-bond donors (Lipinski definition) is 2. The van der Waals surface area contributed by atoms with E-state index < -0.39 is 6.04 Å². The molecule has 1 aromatic carbocycles. The third-order valence-corrected chi connectivity index (χ3v) is 4.02. The number of nitrogens with zero attached hydrogens (tertiary/aromatic N) is 1. The van der Waals surface area contributed by atoms with E-state index >= 15 is 0 Å². The predicted octanol–water partition coefficient (Wildman–Crippen LogP) is 3.42. The van der Waals surface area contributed by atoms with Crippen LogP contribution in [0, 0.1) is 12.8 Å². The fourth-order valence-corrected chi connectivity index (χ4v) is 2.28. The molecule has 0 aliphatic rings. The molecular formula is C17H20ClN3O3. The molecule has 24 heavy (non-hydrogen) atoms. The second-order valence-corrected chi connectivity index (χ2v) is 6.09. The Morgan fingerprint density at radius 2 is 1.96 bits per heavy atom. The average Bonchev–Trinajstić information content (AvgIpc) is 2.97. The first-order valence-electron chi connectivity index (χ1n) is 7.71. The van der Waals surface area contributed by atoms with Gasteiger partial charge in [0.2, 0.25) is 5.91 Å². The Balaban J connectivity index is 2.11. The van der Waals surface area contributed by atoms with Crippen LogP contribution in [0.2, 0.25) is 5.02 Å². The van der Waals surface area contributed by atoms with E-state index in [0.717, 1.165) is 6.42 Å². The Morgan fingerprint density at radius 1 is 1.29 bits per heavy atom. The SMILES string of the molecule is CCC(C)[C@H](NC(=O)c1ccc(Cl)cc1)C(=O)Nc1cc(C)on1. The third-order valence-electron chi connectivity index (χ3n) is 3.77. The lowest BCUT2D eigenvalue weighted by atomic mass is 9.98. The summed E-state index contributed by atoms with van der Waals surface area (Å²) in [5.74, 6) is 0.208. The van der Waals surface area contributed by atoms with Crippen LogP contribution in [-0.2, 0) is 4.79 Å². The number of amides is 2. The second-order valence-electron chi connectivity index (χ2n) is 5.66. The number of aryl methyl sites for hydroxylation is 1. The smallest absolute Gasteiger partial charge is 0.251 e. The number of nitrogens with one attached hydrogen (secondary N) is 2. The molecule has 0 saturated carbocycles. The van der Waals surface area contributed by atoms with Gasteiger partial charge in [0.15, 0.2) is 5.82 Å². The molecule has 0 saturated heterocycles. The van der Waals surface area contributed by atoms with Gasteiger partial charge in [0, 0.05) is 16.7 Å². The van der Waals surface area contributed by atoms with Gasteiger partial charge >= 0.3 is 0 Å². The lowest BCUT2D eigenvalue weighted by Crippen LogP contribution is -2.47. The molecule has 6 nitrogen and oxygen atoms in total. The summed E-state index contributed by atoms with van der Waals surface area (Å²) in [6.45, 7) is 5.59. The van der Waals surface area contributed by atoms with Crippen LogP contribution in [0.5, 0.6) is 0 Å². The van der Waals surface area contributed by atoms with Crippen molar-refractivity contribution in [3.63, 3.8) is 0 Å². The molecule has 1 heterocycles. The number of rotatable bonds is 6. The lowest BCUT2D eigenvalue weighted by molar-refractivity contribution is -0.119. The van der Waals surface area contributed by atoms with Crippen molar-refractivity contribution in [1.29, 1.82) is 0 Å². The van der Waals surface area contributed by atoms with Crippen molar-refractivity contribution in [2.45, 2.75) is 33.2 Å². The van der Waals surface area contributed by atoms with Gasteiger partial charge in [-0.15, -0.1) is 0 Å². The Morgan fingerprint density at radius 3 is 2.50 bits per heavy atom. The van der Waals surface area contributed by atoms with Gasteiger partial charge in [0.1, 0.15) is 11.8 Å². The normalized spacial score (nSPS) is 13.2. The van der Waals surface area contributed by atoms with Crippen LogP contribution < -0.4 is 10.6 Å². The van der Waals surface area contributed by atoms with Crippen molar-refractivity contribution in [2.75, 3.05) is 5.32 Å². The van der Waals surface area contributed by atoms with Crippen LogP contribution in [0.4, 0.5) is 5.82 Å². The number of hydrogen-bond acceptors (Lipinski definition) is 4. The van der Waals surface area contributed by atoms with Gasteiger partial charge in [-0.1, -0.05) is 37.0 Å². The Labute approximate surface area is 145 Å². The van der Waals surface area contributed by atoms with Crippen molar-refractivity contribution in [3.8, 4) is 0 Å². The maximum atomic E-state index is 12.5. The predicted molar refractivity (Wildman–Crippen MR) is 92.0 cm³/mol. The fourth-order valence-electron chi connectivity index (χ4n) is 2.16. The van der Waals surface area contributed by atoms with Gasteiger partial charge in [-0.2, -0.15) is 0 Å². The highest BCUT2D eigenvalue weighted by molar-refractivity contribution is 6.30. The zero-order chi connectivity index (χ0) is 17.7. The van der Waals surface area contributed by atoms with Crippen LogP contribution in [0.3, 0.4) is 0 Å². The van der Waals surface area contributed by atoms with E-state index in [4.69, 9.17) is 16.1 Å². The first-order valence-corrected chi connectivity index (χ1v) is 8.09. The molecule has 0 fully saturated rings. The second kappa shape index (κ2) is 7.97. The highest BCUT2D eigenvalue weighted by Crippen LogP contribution is 2.14. The summed E-state index contributed by atoms with van der Waals surface area (Å²) in [5, 5.41) is 9.72. The van der Waals surface area contributed by atoms with E-state index in [1.54, 1.807) is 37.3 Å². The van der Waals surface area contributed by atoms with Gasteiger partial charge in [-0.3, -0.25) is 9.59 Å². The fraction of sp³-hybridized carbons (Fsp3) is 0.353. The molecule has 2 atom stereocenters. The summed E-state index contributed by atoms with van der Waals surface area (Å²) >= 11 is 5.83. The molecule has 2 aromatic rings. The molecule has 0 radical (unpaired) electrons. The van der Waals surface area contributed by atoms with Crippen LogP contribution in [0.15, 0.2) is 34.9 Å². The Kier molecular flexibility index (Phi) is 5.98. The monoisotopic (exact) mass is 349 g/mol. The van der Waals surface area contributed by atoms with Gasteiger partial charge in [-0.25, -0.2) is 0 Å². The first-order chi connectivity index (χ1) is 11.4. The van der Waals surface area contributed by atoms with E-state index in [1.807, 2.05) is 13.8 Å². The van der Waals surface area contributed by atoms with Crippen molar-refractivity contribution < 1.29 is 14.1 Å². The van der Waals surface area contributed by atoms with E-state index in [2.05, 4.69) is 15.8 Å². The summed E-state index contributed by atoms with van der Waals surface area (Å²) in [6, 6.07) is 7.43. The summed E-state index contributed by atoms with van der Waals surface area (Å²) in [7, 11) is 0. The highest BCUT2D eigenvalue weighted by atomic mass is 35.5. The highest BCUT2D eigenvalue weighted by Gasteiger charge is 2.27. The van der Waals surface area contributed by atoms with E-state index in [0.29, 0.717) is 22.2 Å². The van der Waals surface area contributed by atoms with Gasteiger partial charge in [-0.05, 0) is 37.1 Å². The van der Waals surface area contributed by atoms with E-state index in [1.165, 1.54) is 0 Å². The molecule has 1 aromatic heterocycles. The third kappa shape index (κ3) is 4.58. The van der Waals surface area contributed by atoms with Crippen molar-refractivity contribution >= 4 is 29.2 Å². The maximum absolute atomic E-state index is 12.5. The number of aromatic nitrogens is 1. The zero-order valence-corrected chi connectivity index (χ0v) is 14.6. The number of benzene rings is 1. The van der Waals surface area contributed by atoms with Crippen molar-refractivity contribution in [1.82, 2.24) is 10.5 Å². The Hall–Kier alpha value is -2.34. The minimum absolute atomic E-state index is 0.0470. The van der Waals surface area contributed by atoms with Gasteiger partial charge in [0.05, 0.1) is 0 Å². The summed E-state index contributed by atoms with van der Waals surface area (Å²) in [5.41, 5.74) is 0.442. The quantitative estimate of drug-likeness (QED) is 0.836. The van der Waals surface area contributed by atoms with E-state index in [9.17, 15) is 9.59 Å². The topological polar surface area (TPSA) is 84.2 Å². The van der Waals surface area contributed by atoms with Crippen molar-refractivity contribution in [3.05, 3.63) is 46.7 Å². The molecule has 2 N–H and O–H groups in total. The summed E-state index contributed by atoms with van der Waals surface area (Å²) in [6.07, 6.45) is 0.733. The minimum Gasteiger partial charge on any atom is -0.360 e. The standard InChI is InChI=1S/C17H20ClN3O3/c1-4-10(2)15(17(23)19-14-9-11(3)24-21-14)20-16(22)12-5-7-13(18)8-6-12/h5-10,15H,4H2,1-3H3,(H,20,22)(H,19,21,23)/t10?,15-/m0/s1. The zero-order valence-electron chi connectivity index (χ0n) is 13.8. The molecule has 2 amide bonds. The van der Waals surface area contributed by atoms with Gasteiger partial charge < -0.3 is 15.2 Å². The molecule has 128 valence electrons. The van der Waals surface area contributed by atoms with Crippen LogP contribution in [0.25, 0.3) is 0 Å². The molecule has 0 bridgehead atoms. The van der Waals surface area contributed by atoms with Crippen LogP contribution in [0.1, 0.15) is 36.4 Å². The molecule has 0 aliphatic carbocycles. The number of carbonyl (C=O) groups excluding carboxylic acids is 2. The lowest BCUT2D eigenvalue weighted by Gasteiger charge is -2.23. The summed E-state index contributed by atoms with van der Waals surface area (Å²) < 4.78 is 4.93. The molecular weight excluding hydrogens is 330 g/mol. The number of anilines is 1. The number of halogens is 1. The van der Waals surface area contributed by atoms with Crippen LogP contribution >= 0.6 is 11.6 Å². The molecule has 0 spiro atoms. The first kappa shape index (κ1) is 18.0. The van der Waals surface area contributed by atoms with Gasteiger partial charge in [0.25, 0.3) is 5.91 Å². The van der Waals surface area contributed by atoms with Crippen LogP contribution in [-0.4, -0.2) is 23.0 Å². The molecule has 0 aliphatic heterocycles. The molecule has 1 unspecified atom stereocenters. The largest absolute Gasteiger partial charge is 0.360 e. The van der Waals surface area contributed by atoms with Crippen molar-refractivity contribution in [2.24, 2.45) is 5.92 Å². The van der Waals surface area contributed by atoms with E-state index in [-0.39, 0.29) is 17.7 Å². The molecule has 2 rings (SSSR count). The Bertz CT molecular complexity index is 712. The molecule has 7 heteroatoms. The maximum Gasteiger partial charge on any atom is 0.251 e. The summed E-state index contributed by atoms with van der Waals surface area (Å²) in [4.78, 5) is 24.9. The number of carbonyl (C=O) groups is 2. The average molecular weight is 350 g/mol. The minimum atomic E-state index is -0.685.